The summed E-state index contributed by atoms with van der Waals surface area (Å²) >= 11 is 0. The molecule has 0 radical (unpaired) electrons. The Labute approximate surface area is 273 Å². The third-order valence-electron chi connectivity index (χ3n) is 8.78. The minimum atomic E-state index is -0.418. The molecule has 2 fully saturated rings. The monoisotopic (exact) mass is 634 g/mol. The van der Waals surface area contributed by atoms with Gasteiger partial charge in [-0.2, -0.15) is 10.4 Å². The normalized spacial score (nSPS) is 15.1. The number of likely N-dealkylation sites (tertiary alicyclic amines) is 1. The van der Waals surface area contributed by atoms with Gasteiger partial charge >= 0.3 is 0 Å². The molecule has 0 unspecified atom stereocenters. The van der Waals surface area contributed by atoms with Gasteiger partial charge < -0.3 is 20.7 Å². The van der Waals surface area contributed by atoms with Gasteiger partial charge in [-0.15, -0.1) is 10.2 Å². The average Bonchev–Trinajstić information content (AvgIpc) is 3.87. The number of nitrogens with one attached hydrogen (secondary N) is 3. The van der Waals surface area contributed by atoms with E-state index in [0.717, 1.165) is 73.5 Å². The van der Waals surface area contributed by atoms with Crippen LogP contribution in [0.3, 0.4) is 0 Å². The Kier molecular flexibility index (Phi) is 9.12. The van der Waals surface area contributed by atoms with Gasteiger partial charge in [-0.3, -0.25) is 24.2 Å². The van der Waals surface area contributed by atoms with E-state index >= 15 is 0 Å². The van der Waals surface area contributed by atoms with Gasteiger partial charge in [0.2, 0.25) is 5.91 Å². The first-order valence-corrected chi connectivity index (χ1v) is 15.7. The van der Waals surface area contributed by atoms with Crippen molar-refractivity contribution in [1.29, 1.82) is 5.26 Å². The van der Waals surface area contributed by atoms with Gasteiger partial charge in [-0.1, -0.05) is 6.07 Å². The minimum Gasteiger partial charge on any atom is -0.494 e. The molecule has 1 aliphatic carbocycles. The van der Waals surface area contributed by atoms with Crippen molar-refractivity contribution in [3.05, 3.63) is 70.8 Å². The highest BCUT2D eigenvalue weighted by Gasteiger charge is 2.30. The molecule has 1 saturated carbocycles. The average molecular weight is 635 g/mol. The second kappa shape index (κ2) is 13.6. The van der Waals surface area contributed by atoms with Crippen LogP contribution in [-0.4, -0.2) is 68.9 Å². The smallest absolute Gasteiger partial charge is 0.273 e. The number of methoxy groups -OCH3 is 1. The van der Waals surface area contributed by atoms with E-state index < -0.39 is 5.91 Å². The summed E-state index contributed by atoms with van der Waals surface area (Å²) in [5, 5.41) is 31.1. The fourth-order valence-electron chi connectivity index (χ4n) is 6.10. The SMILES string of the molecule is CNC(=O)c1nnc(NC(=O)C2CC2)cc1Nc1ccc(C)c(-c2cc(C3CCN(Cc4cc(C#N)ccn4)CC3)n(C)n2)c1OC. The highest BCUT2D eigenvalue weighted by Crippen LogP contribution is 2.42. The predicted molar refractivity (Wildman–Crippen MR) is 176 cm³/mol. The number of anilines is 3. The standard InChI is InChI=1S/C34H38N10O3/c1-20-5-8-25(38-27-17-29(39-33(45)23-6-7-23)40-41-31(27)34(46)36-2)32(47-4)30(20)26-16-28(43(3)42-26)22-10-13-44(14-11-22)19-24-15-21(18-35)9-12-37-24/h5,8-9,12,15-17,22-23H,6-7,10-11,13-14,19H2,1-4H3,(H,36,46)(H2,38,39,40,45). The van der Waals surface area contributed by atoms with Crippen LogP contribution in [0.4, 0.5) is 17.2 Å². The number of piperidine rings is 1. The molecule has 0 spiro atoms. The van der Waals surface area contributed by atoms with E-state index in [9.17, 15) is 14.9 Å². The van der Waals surface area contributed by atoms with Crippen LogP contribution in [0.1, 0.15) is 64.6 Å². The number of nitriles is 1. The summed E-state index contributed by atoms with van der Waals surface area (Å²) in [6.07, 6.45) is 5.36. The van der Waals surface area contributed by atoms with Crippen molar-refractivity contribution in [2.75, 3.05) is 37.9 Å². The van der Waals surface area contributed by atoms with Crippen molar-refractivity contribution in [3.8, 4) is 23.1 Å². The van der Waals surface area contributed by atoms with E-state index in [1.165, 1.54) is 7.05 Å². The first-order valence-electron chi connectivity index (χ1n) is 15.7. The first-order chi connectivity index (χ1) is 22.8. The molecule has 1 saturated heterocycles. The molecule has 3 N–H and O–H groups in total. The van der Waals surface area contributed by atoms with Gasteiger partial charge in [-0.05, 0) is 75.5 Å². The topological polar surface area (TPSA) is 163 Å². The van der Waals surface area contributed by atoms with Gasteiger partial charge in [0.15, 0.2) is 17.3 Å². The maximum absolute atomic E-state index is 12.7. The second-order valence-electron chi connectivity index (χ2n) is 12.1. The van der Waals surface area contributed by atoms with Crippen LogP contribution in [0.2, 0.25) is 0 Å². The number of nitrogens with zero attached hydrogens (tertiary/aromatic N) is 7. The van der Waals surface area contributed by atoms with Crippen molar-refractivity contribution >= 4 is 29.0 Å². The Balaban J connectivity index is 1.23. The molecule has 2 amide bonds. The fourth-order valence-corrected chi connectivity index (χ4v) is 6.10. The molecule has 13 nitrogen and oxygen atoms in total. The quantitative estimate of drug-likeness (QED) is 0.229. The third-order valence-corrected chi connectivity index (χ3v) is 8.78. The van der Waals surface area contributed by atoms with Gasteiger partial charge in [0.1, 0.15) is 0 Å². The number of benzene rings is 1. The summed E-state index contributed by atoms with van der Waals surface area (Å²) < 4.78 is 7.93. The Morgan fingerprint density at radius 2 is 1.85 bits per heavy atom. The van der Waals surface area contributed by atoms with Crippen LogP contribution in [0.5, 0.6) is 5.75 Å². The highest BCUT2D eigenvalue weighted by atomic mass is 16.5. The van der Waals surface area contributed by atoms with Crippen LogP contribution in [0.15, 0.2) is 42.6 Å². The molecular weight excluding hydrogens is 596 g/mol. The number of pyridine rings is 1. The van der Waals surface area contributed by atoms with Gasteiger partial charge in [0, 0.05) is 56.0 Å². The molecule has 3 aromatic heterocycles. The Morgan fingerprint density at radius 1 is 1.06 bits per heavy atom. The molecular formula is C34H38N10O3. The van der Waals surface area contributed by atoms with Gasteiger partial charge in [0.25, 0.3) is 5.91 Å². The van der Waals surface area contributed by atoms with Gasteiger partial charge in [-0.25, -0.2) is 0 Å². The number of ether oxygens (including phenoxy) is 1. The lowest BCUT2D eigenvalue weighted by Crippen LogP contribution is -2.33. The van der Waals surface area contributed by atoms with E-state index in [1.807, 2.05) is 36.9 Å². The molecule has 47 heavy (non-hydrogen) atoms. The zero-order chi connectivity index (χ0) is 33.1. The number of rotatable bonds is 10. The number of carbonyl (C=O) groups is 2. The second-order valence-corrected chi connectivity index (χ2v) is 12.1. The molecule has 0 atom stereocenters. The maximum Gasteiger partial charge on any atom is 0.273 e. The summed E-state index contributed by atoms with van der Waals surface area (Å²) in [5.74, 6) is 0.639. The van der Waals surface area contributed by atoms with E-state index in [1.54, 1.807) is 25.4 Å². The summed E-state index contributed by atoms with van der Waals surface area (Å²) in [6, 6.07) is 13.4. The fraction of sp³-hybridized carbons (Fsp3) is 0.382. The molecule has 2 aliphatic rings. The van der Waals surface area contributed by atoms with Crippen molar-refractivity contribution in [1.82, 2.24) is 35.2 Å². The largest absolute Gasteiger partial charge is 0.494 e. The van der Waals surface area contributed by atoms with Crippen LogP contribution in [0.25, 0.3) is 11.3 Å². The Morgan fingerprint density at radius 3 is 2.55 bits per heavy atom. The highest BCUT2D eigenvalue weighted by molar-refractivity contribution is 6.00. The molecule has 6 rings (SSSR count). The van der Waals surface area contributed by atoms with Crippen LogP contribution in [0, 0.1) is 24.2 Å². The molecule has 242 valence electrons. The molecule has 4 heterocycles. The zero-order valence-electron chi connectivity index (χ0n) is 27.0. The molecule has 13 heteroatoms. The zero-order valence-corrected chi connectivity index (χ0v) is 27.0. The number of amides is 2. The van der Waals surface area contributed by atoms with Crippen molar-refractivity contribution < 1.29 is 14.3 Å². The molecule has 1 aromatic carbocycles. The lowest BCUT2D eigenvalue weighted by Gasteiger charge is -2.31. The number of carbonyl (C=O) groups excluding carboxylic acids is 2. The van der Waals surface area contributed by atoms with Crippen LogP contribution >= 0.6 is 0 Å². The van der Waals surface area contributed by atoms with E-state index in [0.29, 0.717) is 28.6 Å². The van der Waals surface area contributed by atoms with E-state index in [4.69, 9.17) is 9.84 Å². The summed E-state index contributed by atoms with van der Waals surface area (Å²) in [7, 11) is 5.10. The molecule has 4 aromatic rings. The minimum absolute atomic E-state index is 0.00679. The Hall–Kier alpha value is -5.35. The maximum atomic E-state index is 12.7. The lowest BCUT2D eigenvalue weighted by molar-refractivity contribution is -0.117. The number of hydrogen-bond acceptors (Lipinski definition) is 10. The number of aromatic nitrogens is 5. The molecule has 1 aliphatic heterocycles. The first kappa shape index (κ1) is 31.6. The van der Waals surface area contributed by atoms with E-state index in [2.05, 4.69) is 48.2 Å². The Bertz CT molecular complexity index is 1850. The van der Waals surface area contributed by atoms with Crippen molar-refractivity contribution in [2.45, 2.75) is 45.1 Å². The number of aryl methyl sites for hydroxylation is 2. The third kappa shape index (κ3) is 6.92. The molecule has 0 bridgehead atoms. The predicted octanol–water partition coefficient (Wildman–Crippen LogP) is 4.29. The summed E-state index contributed by atoms with van der Waals surface area (Å²) in [5.41, 5.74) is 6.37. The van der Waals surface area contributed by atoms with Crippen LogP contribution in [-0.2, 0) is 18.4 Å². The van der Waals surface area contributed by atoms with Gasteiger partial charge in [0.05, 0.1) is 41.5 Å². The van der Waals surface area contributed by atoms with E-state index in [-0.39, 0.29) is 23.3 Å². The van der Waals surface area contributed by atoms with Crippen LogP contribution < -0.4 is 20.7 Å². The lowest BCUT2D eigenvalue weighted by atomic mass is 9.92. The van der Waals surface area contributed by atoms with Crippen molar-refractivity contribution in [3.63, 3.8) is 0 Å². The summed E-state index contributed by atoms with van der Waals surface area (Å²) in [4.78, 5) is 31.9. The number of hydrogen-bond donors (Lipinski definition) is 3. The van der Waals surface area contributed by atoms with Crippen molar-refractivity contribution in [2.24, 2.45) is 13.0 Å². The summed E-state index contributed by atoms with van der Waals surface area (Å²) in [6.45, 7) is 4.57.